The van der Waals surface area contributed by atoms with Crippen molar-refractivity contribution in [3.8, 4) is 11.5 Å². The molecule has 0 atom stereocenters. The van der Waals surface area contributed by atoms with E-state index in [1.165, 1.54) is 11.9 Å². The predicted octanol–water partition coefficient (Wildman–Crippen LogP) is 2.98. The quantitative estimate of drug-likeness (QED) is 0.708. The van der Waals surface area contributed by atoms with Crippen molar-refractivity contribution in [3.63, 3.8) is 0 Å². The van der Waals surface area contributed by atoms with E-state index in [-0.39, 0.29) is 5.82 Å². The van der Waals surface area contributed by atoms with E-state index < -0.39 is 0 Å². The topological polar surface area (TPSA) is 103 Å². The lowest BCUT2D eigenvalue weighted by Gasteiger charge is -2.08. The van der Waals surface area contributed by atoms with Gasteiger partial charge in [0.2, 0.25) is 0 Å². The molecule has 2 aromatic heterocycles. The van der Waals surface area contributed by atoms with Gasteiger partial charge in [-0.2, -0.15) is 4.98 Å². The summed E-state index contributed by atoms with van der Waals surface area (Å²) in [6.45, 7) is 2.67. The summed E-state index contributed by atoms with van der Waals surface area (Å²) in [6, 6.07) is 8.00. The third kappa shape index (κ3) is 3.62. The molecule has 3 aromatic rings. The minimum absolute atomic E-state index is 0.268. The van der Waals surface area contributed by atoms with Crippen molar-refractivity contribution < 1.29 is 4.52 Å². The Labute approximate surface area is 144 Å². The van der Waals surface area contributed by atoms with Crippen LogP contribution in [-0.4, -0.2) is 26.7 Å². The molecule has 0 fully saturated rings. The summed E-state index contributed by atoms with van der Waals surface area (Å²) in [5.41, 5.74) is 7.72. The number of hydrogen-bond acceptors (Lipinski definition) is 7. The fraction of sp³-hybridized carbons (Fsp3) is 0.250. The third-order valence-electron chi connectivity index (χ3n) is 3.51. The fourth-order valence-electron chi connectivity index (χ4n) is 2.16. The first-order valence-electron chi connectivity index (χ1n) is 7.59. The molecule has 0 unspecified atom stereocenters. The van der Waals surface area contributed by atoms with Gasteiger partial charge in [0.05, 0.1) is 0 Å². The summed E-state index contributed by atoms with van der Waals surface area (Å²) in [6.07, 6.45) is 2.95. The second-order valence-corrected chi connectivity index (χ2v) is 5.54. The summed E-state index contributed by atoms with van der Waals surface area (Å²) >= 11 is 6.04. The molecule has 124 valence electrons. The number of nitrogens with zero attached hydrogens (tertiary/aromatic N) is 4. The number of anilines is 2. The Morgan fingerprint density at radius 2 is 2.00 bits per heavy atom. The van der Waals surface area contributed by atoms with E-state index >= 15 is 0 Å². The highest BCUT2D eigenvalue weighted by atomic mass is 35.5. The number of benzene rings is 1. The lowest BCUT2D eigenvalue weighted by Crippen LogP contribution is -2.08. The molecule has 0 aliphatic carbocycles. The van der Waals surface area contributed by atoms with Crippen molar-refractivity contribution >= 4 is 23.2 Å². The highest BCUT2D eigenvalue weighted by Crippen LogP contribution is 2.23. The first-order valence-corrected chi connectivity index (χ1v) is 7.97. The molecule has 7 nitrogen and oxygen atoms in total. The molecule has 3 rings (SSSR count). The van der Waals surface area contributed by atoms with Crippen LogP contribution in [0.1, 0.15) is 18.3 Å². The lowest BCUT2D eigenvalue weighted by molar-refractivity contribution is 0.423. The number of aromatic nitrogens is 4. The van der Waals surface area contributed by atoms with E-state index in [1.54, 1.807) is 0 Å². The summed E-state index contributed by atoms with van der Waals surface area (Å²) in [4.78, 5) is 12.2. The van der Waals surface area contributed by atoms with Crippen molar-refractivity contribution in [1.29, 1.82) is 0 Å². The van der Waals surface area contributed by atoms with Gasteiger partial charge >= 0.3 is 0 Å². The van der Waals surface area contributed by atoms with Gasteiger partial charge in [-0.3, -0.25) is 0 Å². The molecule has 0 radical (unpaired) electrons. The standard InChI is InChI=1S/C16H17ClN6O/c1-2-12-22-16(24-23-12)11-5-3-10(4-6-11)7-8-19-15-13(17)14(18)20-9-21-15/h3-6,9H,2,7-8H2,1H3,(H3,18,19,20,21). The average molecular weight is 345 g/mol. The van der Waals surface area contributed by atoms with Crippen LogP contribution in [0.2, 0.25) is 5.02 Å². The Morgan fingerprint density at radius 1 is 1.21 bits per heavy atom. The summed E-state index contributed by atoms with van der Waals surface area (Å²) in [7, 11) is 0. The maximum Gasteiger partial charge on any atom is 0.257 e. The molecular weight excluding hydrogens is 328 g/mol. The number of aryl methyl sites for hydroxylation is 1. The van der Waals surface area contributed by atoms with E-state index in [1.807, 2.05) is 31.2 Å². The predicted molar refractivity (Wildman–Crippen MR) is 92.8 cm³/mol. The second kappa shape index (κ2) is 7.27. The van der Waals surface area contributed by atoms with E-state index in [0.29, 0.717) is 29.1 Å². The van der Waals surface area contributed by atoms with Gasteiger partial charge in [0.25, 0.3) is 5.89 Å². The van der Waals surface area contributed by atoms with Crippen LogP contribution in [0.3, 0.4) is 0 Å². The van der Waals surface area contributed by atoms with Gasteiger partial charge in [0.15, 0.2) is 5.82 Å². The first-order chi connectivity index (χ1) is 11.7. The third-order valence-corrected chi connectivity index (χ3v) is 3.88. The zero-order valence-electron chi connectivity index (χ0n) is 13.2. The average Bonchev–Trinajstić information content (AvgIpc) is 3.08. The van der Waals surface area contributed by atoms with Crippen molar-refractivity contribution in [2.75, 3.05) is 17.6 Å². The molecule has 0 saturated heterocycles. The zero-order valence-corrected chi connectivity index (χ0v) is 13.9. The molecule has 3 N–H and O–H groups in total. The van der Waals surface area contributed by atoms with Crippen molar-refractivity contribution in [2.24, 2.45) is 0 Å². The number of nitrogens with one attached hydrogen (secondary N) is 1. The van der Waals surface area contributed by atoms with E-state index in [9.17, 15) is 0 Å². The van der Waals surface area contributed by atoms with E-state index in [4.69, 9.17) is 21.9 Å². The van der Waals surface area contributed by atoms with Crippen molar-refractivity contribution in [1.82, 2.24) is 20.1 Å². The number of rotatable bonds is 6. The Hall–Kier alpha value is -2.67. The SMILES string of the molecule is CCc1noc(-c2ccc(CCNc3ncnc(N)c3Cl)cc2)n1. The normalized spacial score (nSPS) is 10.8. The number of nitrogens with two attached hydrogens (primary N) is 1. The molecule has 2 heterocycles. The minimum atomic E-state index is 0.268. The molecule has 0 aliphatic heterocycles. The van der Waals surface area contributed by atoms with Gasteiger partial charge in [-0.05, 0) is 24.1 Å². The van der Waals surface area contributed by atoms with Gasteiger partial charge in [0, 0.05) is 18.5 Å². The highest BCUT2D eigenvalue weighted by Gasteiger charge is 2.08. The summed E-state index contributed by atoms with van der Waals surface area (Å²) < 4.78 is 5.23. The Balaban J connectivity index is 1.59. The fourth-order valence-corrected chi connectivity index (χ4v) is 2.33. The molecule has 1 aromatic carbocycles. The van der Waals surface area contributed by atoms with Crippen LogP contribution < -0.4 is 11.1 Å². The van der Waals surface area contributed by atoms with Crippen LogP contribution in [-0.2, 0) is 12.8 Å². The van der Waals surface area contributed by atoms with Crippen LogP contribution in [0.15, 0.2) is 35.1 Å². The minimum Gasteiger partial charge on any atom is -0.382 e. The van der Waals surface area contributed by atoms with Crippen LogP contribution in [0, 0.1) is 0 Å². The Morgan fingerprint density at radius 3 is 2.71 bits per heavy atom. The number of hydrogen-bond donors (Lipinski definition) is 2. The summed E-state index contributed by atoms with van der Waals surface area (Å²) in [5, 5.41) is 7.40. The van der Waals surface area contributed by atoms with Crippen LogP contribution >= 0.6 is 11.6 Å². The molecular formula is C16H17ClN6O. The Kier molecular flexibility index (Phi) is 4.90. The Bertz CT molecular complexity index is 818. The number of halogens is 1. The number of nitrogen functional groups attached to an aromatic ring is 1. The molecule has 0 spiro atoms. The van der Waals surface area contributed by atoms with Crippen LogP contribution in [0.5, 0.6) is 0 Å². The van der Waals surface area contributed by atoms with E-state index in [0.717, 1.165) is 18.4 Å². The van der Waals surface area contributed by atoms with Gasteiger partial charge < -0.3 is 15.6 Å². The van der Waals surface area contributed by atoms with Gasteiger partial charge in [-0.15, -0.1) is 0 Å². The van der Waals surface area contributed by atoms with E-state index in [2.05, 4.69) is 25.4 Å². The maximum atomic E-state index is 6.04. The zero-order chi connectivity index (χ0) is 16.9. The van der Waals surface area contributed by atoms with Crippen LogP contribution in [0.4, 0.5) is 11.6 Å². The van der Waals surface area contributed by atoms with Gasteiger partial charge in [-0.25, -0.2) is 9.97 Å². The smallest absolute Gasteiger partial charge is 0.257 e. The van der Waals surface area contributed by atoms with Gasteiger partial charge in [0.1, 0.15) is 23.0 Å². The molecule has 0 aliphatic rings. The largest absolute Gasteiger partial charge is 0.382 e. The lowest BCUT2D eigenvalue weighted by atomic mass is 10.1. The first kappa shape index (κ1) is 16.2. The molecule has 0 amide bonds. The van der Waals surface area contributed by atoms with Gasteiger partial charge in [-0.1, -0.05) is 35.8 Å². The molecule has 24 heavy (non-hydrogen) atoms. The highest BCUT2D eigenvalue weighted by molar-refractivity contribution is 6.35. The van der Waals surface area contributed by atoms with Crippen molar-refractivity contribution in [2.45, 2.75) is 19.8 Å². The molecule has 8 heteroatoms. The van der Waals surface area contributed by atoms with Crippen LogP contribution in [0.25, 0.3) is 11.5 Å². The summed E-state index contributed by atoms with van der Waals surface area (Å²) in [5.74, 6) is 2.06. The van der Waals surface area contributed by atoms with Crippen molar-refractivity contribution in [3.05, 3.63) is 47.0 Å². The second-order valence-electron chi connectivity index (χ2n) is 5.16. The molecule has 0 saturated carbocycles. The maximum absolute atomic E-state index is 6.04. The molecule has 0 bridgehead atoms. The monoisotopic (exact) mass is 344 g/mol.